The fourth-order valence-corrected chi connectivity index (χ4v) is 10.2. The maximum atomic E-state index is 12.5. The van der Waals surface area contributed by atoms with Crippen molar-refractivity contribution in [2.24, 2.45) is 15.8 Å². The van der Waals surface area contributed by atoms with E-state index in [1.54, 1.807) is 36.1 Å². The van der Waals surface area contributed by atoms with Gasteiger partial charge < -0.3 is 19.5 Å². The molecule has 0 radical (unpaired) electrons. The van der Waals surface area contributed by atoms with Gasteiger partial charge in [0, 0.05) is 16.0 Å². The second-order valence-corrected chi connectivity index (χ2v) is 16.0. The summed E-state index contributed by atoms with van der Waals surface area (Å²) in [6.07, 6.45) is 9.44. The van der Waals surface area contributed by atoms with Crippen molar-refractivity contribution >= 4 is 84.4 Å². The maximum absolute atomic E-state index is 12.5. The number of rotatable bonds is 7. The molecular formula is C37H39ClN6O5S2. The quantitative estimate of drug-likeness (QED) is 0.130. The Bertz CT molecular complexity index is 2200. The van der Waals surface area contributed by atoms with Crippen molar-refractivity contribution in [1.82, 2.24) is 19.9 Å². The highest BCUT2D eigenvalue weighted by atomic mass is 35.5. The van der Waals surface area contributed by atoms with Gasteiger partial charge in [-0.15, -0.1) is 22.7 Å². The summed E-state index contributed by atoms with van der Waals surface area (Å²) in [6, 6.07) is 4.08. The van der Waals surface area contributed by atoms with Crippen LogP contribution in [0.2, 0.25) is 5.15 Å². The second-order valence-electron chi connectivity index (χ2n) is 13.5. The molecule has 2 atom stereocenters. The van der Waals surface area contributed by atoms with E-state index >= 15 is 0 Å². The Morgan fingerprint density at radius 2 is 1.45 bits per heavy atom. The summed E-state index contributed by atoms with van der Waals surface area (Å²) >= 11 is 9.43. The van der Waals surface area contributed by atoms with E-state index in [0.29, 0.717) is 37.8 Å². The first-order valence-electron chi connectivity index (χ1n) is 17.1. The van der Waals surface area contributed by atoms with Crippen LogP contribution in [0.15, 0.2) is 29.8 Å². The average Bonchev–Trinajstić information content (AvgIpc) is 3.83. The number of halogens is 1. The number of thiophene rings is 2. The zero-order valence-electron chi connectivity index (χ0n) is 29.2. The molecule has 5 aromatic rings. The molecule has 0 bridgehead atoms. The molecule has 0 spiro atoms. The number of ether oxygens (including phenoxy) is 3. The molecule has 4 aromatic heterocycles. The van der Waals surface area contributed by atoms with E-state index in [1.807, 2.05) is 40.0 Å². The SMILES string of the molecule is CCOC(=O)[C@@]1(C)CCc2c(sc3ncnc(Cl)c23)C1.CCOC(=O)[C@@]1(C)CCc2c(sc3ncnc(Nc4cc5c(cc4OC)CN=C5)c23)C1. The molecule has 11 nitrogen and oxygen atoms in total. The fraction of sp³-hybridized carbons (Fsp3) is 0.432. The Morgan fingerprint density at radius 1 is 0.863 bits per heavy atom. The van der Waals surface area contributed by atoms with E-state index < -0.39 is 10.8 Å². The third-order valence-corrected chi connectivity index (χ3v) is 12.6. The zero-order chi connectivity index (χ0) is 35.9. The molecule has 0 fully saturated rings. The lowest BCUT2D eigenvalue weighted by atomic mass is 9.75. The van der Waals surface area contributed by atoms with Crippen molar-refractivity contribution in [3.8, 4) is 5.75 Å². The molecule has 5 heterocycles. The van der Waals surface area contributed by atoms with E-state index in [2.05, 4.69) is 36.3 Å². The first kappa shape index (κ1) is 35.2. The first-order valence-corrected chi connectivity index (χ1v) is 19.1. The highest BCUT2D eigenvalue weighted by Gasteiger charge is 2.41. The largest absolute Gasteiger partial charge is 0.495 e. The van der Waals surface area contributed by atoms with Crippen molar-refractivity contribution in [2.45, 2.75) is 72.8 Å². The summed E-state index contributed by atoms with van der Waals surface area (Å²) in [4.78, 5) is 50.6. The number of hydrogen-bond acceptors (Lipinski definition) is 13. The van der Waals surface area contributed by atoms with E-state index in [0.717, 1.165) is 74.5 Å². The summed E-state index contributed by atoms with van der Waals surface area (Å²) < 4.78 is 16.2. The summed E-state index contributed by atoms with van der Waals surface area (Å²) in [5.41, 5.74) is 4.59. The number of methoxy groups -OCH3 is 1. The molecule has 0 saturated heterocycles. The lowest BCUT2D eigenvalue weighted by molar-refractivity contribution is -0.155. The molecule has 266 valence electrons. The molecule has 0 amide bonds. The van der Waals surface area contributed by atoms with Gasteiger partial charge in [-0.3, -0.25) is 14.6 Å². The van der Waals surface area contributed by atoms with Gasteiger partial charge >= 0.3 is 11.9 Å². The smallest absolute Gasteiger partial charge is 0.312 e. The van der Waals surface area contributed by atoms with Crippen LogP contribution in [-0.4, -0.2) is 58.4 Å². The summed E-state index contributed by atoms with van der Waals surface area (Å²) in [6.45, 7) is 9.17. The van der Waals surface area contributed by atoms with Crippen LogP contribution in [0.3, 0.4) is 0 Å². The highest BCUT2D eigenvalue weighted by Crippen LogP contribution is 2.46. The number of aromatic nitrogens is 4. The molecule has 1 N–H and O–H groups in total. The summed E-state index contributed by atoms with van der Waals surface area (Å²) in [7, 11) is 1.67. The molecule has 1 aliphatic heterocycles. The minimum absolute atomic E-state index is 0.111. The summed E-state index contributed by atoms with van der Waals surface area (Å²) in [5.74, 6) is 1.29. The number of anilines is 2. The van der Waals surface area contributed by atoms with Crippen molar-refractivity contribution < 1.29 is 23.8 Å². The van der Waals surface area contributed by atoms with Crippen LogP contribution in [0.4, 0.5) is 11.5 Å². The number of hydrogen-bond donors (Lipinski definition) is 1. The van der Waals surface area contributed by atoms with Crippen LogP contribution in [-0.2, 0) is 51.3 Å². The standard InChI is InChI=1S/C23H24N4O3S.C14H15ClN2O2S/c1-4-30-22(28)23(2)6-5-15-18(9-23)31-21-19(15)20(25-12-26-21)27-16-7-13-10-24-11-14(13)8-17(16)29-3;1-3-19-13(18)14(2)5-4-8-9(6-14)20-12-10(8)11(15)16-7-17-12/h7-8,10,12H,4-6,9,11H2,1-3H3,(H,25,26,27);7H,3-6H2,1-2H3/t23-;14-/m00/s1. The van der Waals surface area contributed by atoms with Gasteiger partial charge in [-0.2, -0.15) is 0 Å². The van der Waals surface area contributed by atoms with E-state index in [1.165, 1.54) is 27.2 Å². The monoisotopic (exact) mass is 746 g/mol. The number of nitrogens with zero attached hydrogens (tertiary/aromatic N) is 5. The molecule has 0 saturated carbocycles. The zero-order valence-corrected chi connectivity index (χ0v) is 31.6. The van der Waals surface area contributed by atoms with Gasteiger partial charge in [0.15, 0.2) is 0 Å². The Balaban J connectivity index is 0.000000175. The number of nitrogens with one attached hydrogen (secondary N) is 1. The lowest BCUT2D eigenvalue weighted by Crippen LogP contribution is -2.35. The number of aryl methyl sites for hydroxylation is 2. The van der Waals surface area contributed by atoms with Crippen molar-refractivity contribution in [3.05, 3.63) is 61.9 Å². The number of carbonyl (C=O) groups is 2. The van der Waals surface area contributed by atoms with Gasteiger partial charge in [0.05, 0.1) is 54.2 Å². The molecule has 14 heteroatoms. The molecule has 8 rings (SSSR count). The van der Waals surface area contributed by atoms with Gasteiger partial charge in [0.1, 0.15) is 39.0 Å². The molecule has 1 aromatic carbocycles. The van der Waals surface area contributed by atoms with Crippen molar-refractivity contribution in [1.29, 1.82) is 0 Å². The number of fused-ring (bicyclic) bond motifs is 7. The second kappa shape index (κ2) is 14.1. The Morgan fingerprint density at radius 3 is 2.06 bits per heavy atom. The van der Waals surface area contributed by atoms with Crippen LogP contribution in [0.25, 0.3) is 20.4 Å². The maximum Gasteiger partial charge on any atom is 0.312 e. The number of aliphatic imine (C=N–C) groups is 1. The van der Waals surface area contributed by atoms with E-state index in [-0.39, 0.29) is 11.9 Å². The number of benzene rings is 1. The topological polar surface area (TPSA) is 138 Å². The fourth-order valence-electron chi connectivity index (χ4n) is 7.12. The van der Waals surface area contributed by atoms with Gasteiger partial charge in [-0.25, -0.2) is 19.9 Å². The van der Waals surface area contributed by atoms with Crippen LogP contribution in [0.1, 0.15) is 72.5 Å². The Labute approximate surface area is 308 Å². The predicted octanol–water partition coefficient (Wildman–Crippen LogP) is 7.84. The van der Waals surface area contributed by atoms with Crippen molar-refractivity contribution in [2.75, 3.05) is 25.6 Å². The van der Waals surface area contributed by atoms with E-state index in [9.17, 15) is 9.59 Å². The molecule has 0 unspecified atom stereocenters. The minimum atomic E-state index is -0.493. The molecule has 51 heavy (non-hydrogen) atoms. The lowest BCUT2D eigenvalue weighted by Gasteiger charge is -2.31. The molecule has 2 aliphatic carbocycles. The van der Waals surface area contributed by atoms with Gasteiger partial charge in [0.2, 0.25) is 0 Å². The van der Waals surface area contributed by atoms with Crippen molar-refractivity contribution in [3.63, 3.8) is 0 Å². The third kappa shape index (κ3) is 6.55. The Hall–Kier alpha value is -4.20. The van der Waals surface area contributed by atoms with E-state index in [4.69, 9.17) is 25.8 Å². The average molecular weight is 747 g/mol. The molecular weight excluding hydrogens is 708 g/mol. The van der Waals surface area contributed by atoms with Crippen LogP contribution >= 0.6 is 34.3 Å². The van der Waals surface area contributed by atoms with Gasteiger partial charge in [-0.1, -0.05) is 11.6 Å². The minimum Gasteiger partial charge on any atom is -0.495 e. The predicted molar refractivity (Wildman–Crippen MR) is 201 cm³/mol. The normalized spacial score (nSPS) is 20.2. The first-order chi connectivity index (χ1) is 24.6. The van der Waals surface area contributed by atoms with Crippen LogP contribution in [0, 0.1) is 10.8 Å². The van der Waals surface area contributed by atoms with Crippen LogP contribution < -0.4 is 10.1 Å². The third-order valence-electron chi connectivity index (χ3n) is 9.99. The number of esters is 2. The molecule has 3 aliphatic rings. The Kier molecular flexibility index (Phi) is 9.72. The van der Waals surface area contributed by atoms with Crippen LogP contribution in [0.5, 0.6) is 5.75 Å². The van der Waals surface area contributed by atoms with Gasteiger partial charge in [-0.05, 0) is 101 Å². The number of carbonyl (C=O) groups excluding carboxylic acids is 2. The summed E-state index contributed by atoms with van der Waals surface area (Å²) in [5, 5.41) is 5.97. The van der Waals surface area contributed by atoms with Gasteiger partial charge in [0.25, 0.3) is 0 Å². The highest BCUT2D eigenvalue weighted by molar-refractivity contribution is 7.19.